The summed E-state index contributed by atoms with van der Waals surface area (Å²) in [5, 5.41) is 0. The molecule has 0 heterocycles. The van der Waals surface area contributed by atoms with Gasteiger partial charge in [-0.2, -0.15) is 12.6 Å². The zero-order chi connectivity index (χ0) is 18.6. The molecule has 0 aromatic carbocycles. The summed E-state index contributed by atoms with van der Waals surface area (Å²) in [6.07, 6.45) is 28.3. The topological polar surface area (TPSA) is 0 Å². The van der Waals surface area contributed by atoms with Gasteiger partial charge >= 0.3 is 0 Å². The van der Waals surface area contributed by atoms with Crippen LogP contribution in [0.4, 0.5) is 0 Å². The van der Waals surface area contributed by atoms with Crippen LogP contribution in [0.15, 0.2) is 0 Å². The molecular formula is C24H50S. The molecule has 152 valence electrons. The first-order valence-electron chi connectivity index (χ1n) is 11.8. The van der Waals surface area contributed by atoms with Crippen molar-refractivity contribution in [1.82, 2.24) is 0 Å². The minimum Gasteiger partial charge on any atom is -0.173 e. The van der Waals surface area contributed by atoms with Crippen molar-refractivity contribution in [2.75, 3.05) is 0 Å². The highest BCUT2D eigenvalue weighted by atomic mass is 32.1. The fraction of sp³-hybridized carbons (Fsp3) is 1.00. The second-order valence-corrected chi connectivity index (χ2v) is 9.73. The van der Waals surface area contributed by atoms with Gasteiger partial charge < -0.3 is 0 Å². The Kier molecular flexibility index (Phi) is 19.4. The lowest BCUT2D eigenvalue weighted by molar-refractivity contribution is 0.466. The van der Waals surface area contributed by atoms with E-state index in [1.165, 1.54) is 128 Å². The molecule has 0 radical (unpaired) electrons. The van der Waals surface area contributed by atoms with Gasteiger partial charge in [-0.25, -0.2) is 0 Å². The zero-order valence-electron chi connectivity index (χ0n) is 18.1. The van der Waals surface area contributed by atoms with Crippen LogP contribution in [-0.4, -0.2) is 4.75 Å². The lowest BCUT2D eigenvalue weighted by atomic mass is 9.94. The molecule has 0 saturated carbocycles. The van der Waals surface area contributed by atoms with Crippen molar-refractivity contribution < 1.29 is 0 Å². The molecule has 0 fully saturated rings. The highest BCUT2D eigenvalue weighted by molar-refractivity contribution is 7.81. The van der Waals surface area contributed by atoms with E-state index in [1.807, 2.05) is 0 Å². The largest absolute Gasteiger partial charge is 0.173 e. The van der Waals surface area contributed by atoms with E-state index in [-0.39, 0.29) is 4.75 Å². The summed E-state index contributed by atoms with van der Waals surface area (Å²) in [4.78, 5) is 0. The Bertz CT molecular complexity index is 246. The molecule has 1 heteroatoms. The lowest BCUT2D eigenvalue weighted by Crippen LogP contribution is -2.16. The number of unbranched alkanes of at least 4 members (excludes halogenated alkanes) is 16. The van der Waals surface area contributed by atoms with Gasteiger partial charge in [0.1, 0.15) is 0 Å². The maximum atomic E-state index is 4.95. The van der Waals surface area contributed by atoms with Gasteiger partial charge in [-0.15, -0.1) is 0 Å². The van der Waals surface area contributed by atoms with E-state index in [0.29, 0.717) is 0 Å². The first-order chi connectivity index (χ1) is 12.1. The summed E-state index contributed by atoms with van der Waals surface area (Å²) in [6, 6.07) is 0. The SMILES string of the molecule is CCCCCCCCCCCCC(C)(S)CCCCCCCCCC. The molecule has 0 spiro atoms. The molecule has 0 aromatic heterocycles. The molecule has 0 rings (SSSR count). The van der Waals surface area contributed by atoms with Crippen molar-refractivity contribution in [3.63, 3.8) is 0 Å². The van der Waals surface area contributed by atoms with Crippen LogP contribution in [-0.2, 0) is 0 Å². The summed E-state index contributed by atoms with van der Waals surface area (Å²) >= 11 is 4.95. The predicted octanol–water partition coefficient (Wildman–Crippen LogP) is 9.52. The van der Waals surface area contributed by atoms with Crippen LogP contribution in [0.1, 0.15) is 149 Å². The van der Waals surface area contributed by atoms with Crippen molar-refractivity contribution in [3.8, 4) is 0 Å². The van der Waals surface area contributed by atoms with Gasteiger partial charge in [0, 0.05) is 4.75 Å². The first-order valence-corrected chi connectivity index (χ1v) is 12.3. The monoisotopic (exact) mass is 370 g/mol. The molecule has 0 bridgehead atoms. The standard InChI is InChI=1S/C24H50S/c1-4-6-8-10-12-14-15-17-19-21-23-24(3,25)22-20-18-16-13-11-9-7-5-2/h25H,4-23H2,1-3H3. The number of hydrogen-bond acceptors (Lipinski definition) is 1. The molecule has 0 aliphatic heterocycles. The second kappa shape index (κ2) is 19.1. The summed E-state index contributed by atoms with van der Waals surface area (Å²) in [5.74, 6) is 0. The molecule has 0 aliphatic carbocycles. The van der Waals surface area contributed by atoms with Gasteiger partial charge in [0.25, 0.3) is 0 Å². The summed E-state index contributed by atoms with van der Waals surface area (Å²) in [6.45, 7) is 6.96. The van der Waals surface area contributed by atoms with Crippen molar-refractivity contribution in [2.45, 2.75) is 154 Å². The maximum absolute atomic E-state index is 4.95. The number of thiol groups is 1. The molecule has 0 amide bonds. The average molecular weight is 371 g/mol. The molecule has 1 atom stereocenters. The van der Waals surface area contributed by atoms with Gasteiger partial charge in [0.05, 0.1) is 0 Å². The normalized spacial score (nSPS) is 13.9. The molecule has 25 heavy (non-hydrogen) atoms. The third kappa shape index (κ3) is 20.5. The molecule has 1 unspecified atom stereocenters. The Morgan fingerprint density at radius 1 is 0.440 bits per heavy atom. The van der Waals surface area contributed by atoms with Crippen LogP contribution >= 0.6 is 12.6 Å². The van der Waals surface area contributed by atoms with Crippen LogP contribution in [0.3, 0.4) is 0 Å². The Balaban J connectivity index is 3.32. The van der Waals surface area contributed by atoms with Crippen molar-refractivity contribution in [2.24, 2.45) is 0 Å². The summed E-state index contributed by atoms with van der Waals surface area (Å²) < 4.78 is 0.280. The second-order valence-electron chi connectivity index (χ2n) is 8.65. The molecule has 0 nitrogen and oxygen atoms in total. The molecule has 0 aliphatic rings. The van der Waals surface area contributed by atoms with Crippen LogP contribution in [0, 0.1) is 0 Å². The van der Waals surface area contributed by atoms with Gasteiger partial charge in [-0.3, -0.25) is 0 Å². The van der Waals surface area contributed by atoms with Crippen LogP contribution in [0.2, 0.25) is 0 Å². The van der Waals surface area contributed by atoms with Crippen molar-refractivity contribution >= 4 is 12.6 Å². The zero-order valence-corrected chi connectivity index (χ0v) is 19.0. The summed E-state index contributed by atoms with van der Waals surface area (Å²) in [7, 11) is 0. The highest BCUT2D eigenvalue weighted by Gasteiger charge is 2.17. The Morgan fingerprint density at radius 3 is 0.960 bits per heavy atom. The Hall–Kier alpha value is 0.350. The maximum Gasteiger partial charge on any atom is 0.0101 e. The Labute approximate surface area is 166 Å². The van der Waals surface area contributed by atoms with Crippen LogP contribution in [0.25, 0.3) is 0 Å². The third-order valence-corrected chi connectivity index (χ3v) is 6.09. The van der Waals surface area contributed by atoms with E-state index in [1.54, 1.807) is 0 Å². The van der Waals surface area contributed by atoms with Crippen LogP contribution in [0.5, 0.6) is 0 Å². The average Bonchev–Trinajstić information content (AvgIpc) is 2.59. The van der Waals surface area contributed by atoms with Gasteiger partial charge in [0.15, 0.2) is 0 Å². The molecule has 0 saturated heterocycles. The van der Waals surface area contributed by atoms with Gasteiger partial charge in [-0.05, 0) is 12.8 Å². The van der Waals surface area contributed by atoms with E-state index >= 15 is 0 Å². The fourth-order valence-electron chi connectivity index (χ4n) is 3.76. The van der Waals surface area contributed by atoms with Gasteiger partial charge in [-0.1, -0.05) is 136 Å². The minimum absolute atomic E-state index is 0.280. The predicted molar refractivity (Wildman–Crippen MR) is 121 cm³/mol. The molecule has 0 N–H and O–H groups in total. The van der Waals surface area contributed by atoms with E-state index in [0.717, 1.165) is 0 Å². The van der Waals surface area contributed by atoms with E-state index < -0.39 is 0 Å². The van der Waals surface area contributed by atoms with Gasteiger partial charge in [0.2, 0.25) is 0 Å². The Morgan fingerprint density at radius 2 is 0.680 bits per heavy atom. The van der Waals surface area contributed by atoms with E-state index in [2.05, 4.69) is 20.8 Å². The molecular weight excluding hydrogens is 320 g/mol. The minimum atomic E-state index is 0.280. The number of hydrogen-bond donors (Lipinski definition) is 1. The smallest absolute Gasteiger partial charge is 0.0101 e. The number of rotatable bonds is 20. The third-order valence-electron chi connectivity index (χ3n) is 5.64. The highest BCUT2D eigenvalue weighted by Crippen LogP contribution is 2.28. The summed E-state index contributed by atoms with van der Waals surface area (Å²) in [5.41, 5.74) is 0. The molecule has 0 aromatic rings. The van der Waals surface area contributed by atoms with Crippen LogP contribution < -0.4 is 0 Å². The fourth-order valence-corrected chi connectivity index (χ4v) is 4.07. The quantitative estimate of drug-likeness (QED) is 0.160. The van der Waals surface area contributed by atoms with Crippen molar-refractivity contribution in [3.05, 3.63) is 0 Å². The van der Waals surface area contributed by atoms with Crippen molar-refractivity contribution in [1.29, 1.82) is 0 Å². The lowest BCUT2D eigenvalue weighted by Gasteiger charge is -2.23. The van der Waals surface area contributed by atoms with E-state index in [4.69, 9.17) is 12.6 Å². The van der Waals surface area contributed by atoms with E-state index in [9.17, 15) is 0 Å². The first kappa shape index (κ1) is 25.4.